The number of ether oxygens (including phenoxy) is 1. The van der Waals surface area contributed by atoms with Gasteiger partial charge in [0, 0.05) is 29.9 Å². The smallest absolute Gasteiger partial charge is 0.339 e. The Balaban J connectivity index is 2.82. The Labute approximate surface area is 99.8 Å². The van der Waals surface area contributed by atoms with Gasteiger partial charge in [0.2, 0.25) is 0 Å². The molecular weight excluding hydrogens is 220 g/mol. The van der Waals surface area contributed by atoms with E-state index >= 15 is 0 Å². The Morgan fingerprint density at radius 3 is 2.94 bits per heavy atom. The molecule has 17 heavy (non-hydrogen) atoms. The highest BCUT2D eigenvalue weighted by atomic mass is 16.5. The normalized spacial score (nSPS) is 9.76. The molecule has 92 valence electrons. The second-order valence-electron chi connectivity index (χ2n) is 3.44. The van der Waals surface area contributed by atoms with E-state index in [0.29, 0.717) is 25.3 Å². The first-order chi connectivity index (χ1) is 8.22. The van der Waals surface area contributed by atoms with Crippen LogP contribution in [0.1, 0.15) is 29.9 Å². The second-order valence-corrected chi connectivity index (χ2v) is 3.44. The fraction of sp³-hybridized carbons (Fsp3) is 0.545. The molecule has 1 heterocycles. The number of rotatable bonds is 6. The van der Waals surface area contributed by atoms with E-state index in [4.69, 9.17) is 10.3 Å². The van der Waals surface area contributed by atoms with Crippen molar-refractivity contribution in [2.45, 2.75) is 26.8 Å². The van der Waals surface area contributed by atoms with Gasteiger partial charge >= 0.3 is 5.97 Å². The molecule has 0 unspecified atom stereocenters. The third-order valence-electron chi connectivity index (χ3n) is 2.36. The van der Waals surface area contributed by atoms with Crippen LogP contribution in [0.4, 0.5) is 0 Å². The van der Waals surface area contributed by atoms with Crippen molar-refractivity contribution in [2.75, 3.05) is 13.2 Å². The van der Waals surface area contributed by atoms with E-state index in [0.717, 1.165) is 12.1 Å². The molecule has 0 radical (unpaired) electrons. The van der Waals surface area contributed by atoms with Crippen LogP contribution in [-0.4, -0.2) is 23.7 Å². The standard InChI is InChI=1S/C11H16N4O2/c1-3-10-7-9(11(16)17-4-2)8-15(10)6-5-13-14-12/h7-8H,3-6H2,1-2H3. The van der Waals surface area contributed by atoms with E-state index in [2.05, 4.69) is 10.0 Å². The molecule has 0 aromatic carbocycles. The number of nitrogens with zero attached hydrogens (tertiary/aromatic N) is 4. The van der Waals surface area contributed by atoms with Crippen molar-refractivity contribution in [3.05, 3.63) is 34.0 Å². The minimum absolute atomic E-state index is 0.315. The molecule has 0 fully saturated rings. The predicted molar refractivity (Wildman–Crippen MR) is 63.8 cm³/mol. The zero-order valence-electron chi connectivity index (χ0n) is 10.1. The third-order valence-corrected chi connectivity index (χ3v) is 2.36. The summed E-state index contributed by atoms with van der Waals surface area (Å²) in [5, 5.41) is 3.48. The number of carbonyl (C=O) groups excluding carboxylic acids is 1. The van der Waals surface area contributed by atoms with Gasteiger partial charge in [-0.2, -0.15) is 0 Å². The van der Waals surface area contributed by atoms with Gasteiger partial charge in [-0.3, -0.25) is 0 Å². The lowest BCUT2D eigenvalue weighted by atomic mass is 10.3. The lowest BCUT2D eigenvalue weighted by Gasteiger charge is -2.03. The maximum atomic E-state index is 11.5. The molecule has 1 aromatic heterocycles. The Bertz CT molecular complexity index is 433. The third kappa shape index (κ3) is 3.53. The highest BCUT2D eigenvalue weighted by molar-refractivity contribution is 5.89. The quantitative estimate of drug-likeness (QED) is 0.329. The van der Waals surface area contributed by atoms with Crippen molar-refractivity contribution in [2.24, 2.45) is 5.11 Å². The molecule has 0 saturated carbocycles. The summed E-state index contributed by atoms with van der Waals surface area (Å²) in [5.74, 6) is -0.315. The summed E-state index contributed by atoms with van der Waals surface area (Å²) >= 11 is 0. The summed E-state index contributed by atoms with van der Waals surface area (Å²) in [5.41, 5.74) is 9.78. The minimum Gasteiger partial charge on any atom is -0.462 e. The van der Waals surface area contributed by atoms with E-state index in [1.807, 2.05) is 17.6 Å². The van der Waals surface area contributed by atoms with Crippen LogP contribution in [0.2, 0.25) is 0 Å². The summed E-state index contributed by atoms with van der Waals surface area (Å²) in [6.45, 7) is 5.10. The summed E-state index contributed by atoms with van der Waals surface area (Å²) in [6.07, 6.45) is 2.55. The molecule has 0 aliphatic heterocycles. The number of hydrogen-bond acceptors (Lipinski definition) is 3. The van der Waals surface area contributed by atoms with Crippen LogP contribution in [0, 0.1) is 0 Å². The van der Waals surface area contributed by atoms with Gasteiger partial charge < -0.3 is 9.30 Å². The van der Waals surface area contributed by atoms with Gasteiger partial charge in [0.1, 0.15) is 0 Å². The lowest BCUT2D eigenvalue weighted by molar-refractivity contribution is 0.0526. The van der Waals surface area contributed by atoms with Crippen LogP contribution in [0.5, 0.6) is 0 Å². The van der Waals surface area contributed by atoms with Crippen LogP contribution in [0.3, 0.4) is 0 Å². The average molecular weight is 236 g/mol. The Hall–Kier alpha value is -1.94. The monoisotopic (exact) mass is 236 g/mol. The number of aromatic nitrogens is 1. The van der Waals surface area contributed by atoms with Crippen LogP contribution < -0.4 is 0 Å². The first-order valence-electron chi connectivity index (χ1n) is 5.59. The number of azide groups is 1. The van der Waals surface area contributed by atoms with E-state index in [1.165, 1.54) is 0 Å². The van der Waals surface area contributed by atoms with Crippen molar-refractivity contribution in [3.63, 3.8) is 0 Å². The van der Waals surface area contributed by atoms with Gasteiger partial charge in [0.05, 0.1) is 12.2 Å². The lowest BCUT2D eigenvalue weighted by Crippen LogP contribution is -2.04. The van der Waals surface area contributed by atoms with Crippen LogP contribution in [-0.2, 0) is 17.7 Å². The van der Waals surface area contributed by atoms with Crippen molar-refractivity contribution in [1.82, 2.24) is 4.57 Å². The summed E-state index contributed by atoms with van der Waals surface area (Å²) in [6, 6.07) is 1.81. The number of hydrogen-bond donors (Lipinski definition) is 0. The molecule has 0 bridgehead atoms. The maximum Gasteiger partial charge on any atom is 0.339 e. The van der Waals surface area contributed by atoms with Crippen molar-refractivity contribution < 1.29 is 9.53 Å². The molecule has 0 spiro atoms. The van der Waals surface area contributed by atoms with Gasteiger partial charge in [-0.15, -0.1) is 0 Å². The zero-order valence-corrected chi connectivity index (χ0v) is 10.1. The summed E-state index contributed by atoms with van der Waals surface area (Å²) < 4.78 is 6.85. The highest BCUT2D eigenvalue weighted by Crippen LogP contribution is 2.11. The van der Waals surface area contributed by atoms with E-state index in [9.17, 15) is 4.79 Å². The molecule has 6 nitrogen and oxygen atoms in total. The number of aryl methyl sites for hydroxylation is 1. The van der Waals surface area contributed by atoms with Crippen LogP contribution >= 0.6 is 0 Å². The van der Waals surface area contributed by atoms with E-state index in [-0.39, 0.29) is 5.97 Å². The second kappa shape index (κ2) is 6.60. The Morgan fingerprint density at radius 1 is 1.59 bits per heavy atom. The molecule has 0 saturated heterocycles. The summed E-state index contributed by atoms with van der Waals surface area (Å²) in [7, 11) is 0. The van der Waals surface area contributed by atoms with E-state index in [1.54, 1.807) is 13.1 Å². The SMILES string of the molecule is CCOC(=O)c1cc(CC)n(CCN=[N+]=[N-])c1. The fourth-order valence-electron chi connectivity index (χ4n) is 1.59. The molecule has 0 aliphatic rings. The zero-order chi connectivity index (χ0) is 12.7. The van der Waals surface area contributed by atoms with Crippen LogP contribution in [0.25, 0.3) is 10.4 Å². The van der Waals surface area contributed by atoms with Crippen molar-refractivity contribution in [1.29, 1.82) is 0 Å². The van der Waals surface area contributed by atoms with Crippen molar-refractivity contribution >= 4 is 5.97 Å². The van der Waals surface area contributed by atoms with Gasteiger partial charge in [0.25, 0.3) is 0 Å². The number of esters is 1. The van der Waals surface area contributed by atoms with Gasteiger partial charge in [0.15, 0.2) is 0 Å². The molecule has 0 atom stereocenters. The molecule has 1 rings (SSSR count). The van der Waals surface area contributed by atoms with Crippen LogP contribution in [0.15, 0.2) is 17.4 Å². The Kier molecular flexibility index (Phi) is 5.10. The van der Waals surface area contributed by atoms with E-state index < -0.39 is 0 Å². The molecule has 0 aliphatic carbocycles. The Morgan fingerprint density at radius 2 is 2.35 bits per heavy atom. The largest absolute Gasteiger partial charge is 0.462 e. The van der Waals surface area contributed by atoms with Gasteiger partial charge in [-0.25, -0.2) is 4.79 Å². The van der Waals surface area contributed by atoms with Gasteiger partial charge in [-0.05, 0) is 24.9 Å². The molecule has 6 heteroatoms. The molecule has 0 amide bonds. The predicted octanol–water partition coefficient (Wildman–Crippen LogP) is 2.54. The number of carbonyl (C=O) groups is 1. The molecular formula is C11H16N4O2. The molecule has 1 aromatic rings. The first kappa shape index (κ1) is 13.1. The first-order valence-corrected chi connectivity index (χ1v) is 5.59. The fourth-order valence-corrected chi connectivity index (χ4v) is 1.59. The maximum absolute atomic E-state index is 11.5. The topological polar surface area (TPSA) is 80.0 Å². The molecule has 0 N–H and O–H groups in total. The summed E-state index contributed by atoms with van der Waals surface area (Å²) in [4.78, 5) is 14.2. The minimum atomic E-state index is -0.315. The highest BCUT2D eigenvalue weighted by Gasteiger charge is 2.11. The van der Waals surface area contributed by atoms with Crippen molar-refractivity contribution in [3.8, 4) is 0 Å². The van der Waals surface area contributed by atoms with Gasteiger partial charge in [-0.1, -0.05) is 12.0 Å². The average Bonchev–Trinajstić information content (AvgIpc) is 2.73.